The number of imidazole rings is 1. The number of aromatic nitrogens is 2. The quantitative estimate of drug-likeness (QED) is 0.633. The Morgan fingerprint density at radius 1 is 1.06 bits per heavy atom. The van der Waals surface area contributed by atoms with Crippen LogP contribution in [-0.2, 0) is 13.0 Å². The minimum Gasteiger partial charge on any atom is -0.345 e. The van der Waals surface area contributed by atoms with Gasteiger partial charge in [0.25, 0.3) is 11.8 Å². The molecule has 2 heterocycles. The fourth-order valence-electron chi connectivity index (χ4n) is 3.91. The Bertz CT molecular complexity index is 1120. The number of hydrogen-bond acceptors (Lipinski definition) is 3. The van der Waals surface area contributed by atoms with Crippen LogP contribution in [0.5, 0.6) is 0 Å². The topological polar surface area (TPSA) is 67.2 Å². The molecular formula is C24H25ClN4O2. The first-order valence-electron chi connectivity index (χ1n) is 10.4. The number of carbonyl (C=O) groups is 2. The highest BCUT2D eigenvalue weighted by molar-refractivity contribution is 6.34. The van der Waals surface area contributed by atoms with Gasteiger partial charge in [0.2, 0.25) is 0 Å². The van der Waals surface area contributed by atoms with Crippen molar-refractivity contribution in [2.45, 2.75) is 32.2 Å². The number of hydrogen-bond donors (Lipinski definition) is 1. The Hall–Kier alpha value is -3.12. The van der Waals surface area contributed by atoms with Gasteiger partial charge in [-0.15, -0.1) is 0 Å². The highest BCUT2D eigenvalue weighted by atomic mass is 35.5. The van der Waals surface area contributed by atoms with Crippen molar-refractivity contribution in [3.63, 3.8) is 0 Å². The van der Waals surface area contributed by atoms with Gasteiger partial charge in [-0.2, -0.15) is 0 Å². The van der Waals surface area contributed by atoms with Gasteiger partial charge in [-0.3, -0.25) is 9.59 Å². The highest BCUT2D eigenvalue weighted by Crippen LogP contribution is 2.28. The molecule has 4 rings (SSSR count). The van der Waals surface area contributed by atoms with E-state index in [0.717, 1.165) is 49.3 Å². The van der Waals surface area contributed by atoms with E-state index >= 15 is 0 Å². The fourth-order valence-corrected chi connectivity index (χ4v) is 4.11. The van der Waals surface area contributed by atoms with Gasteiger partial charge in [-0.25, -0.2) is 4.98 Å². The van der Waals surface area contributed by atoms with Crippen LogP contribution < -0.4 is 5.32 Å². The number of benzene rings is 2. The maximum Gasteiger partial charge on any atom is 0.276 e. The lowest BCUT2D eigenvalue weighted by Crippen LogP contribution is -2.22. The van der Waals surface area contributed by atoms with Crippen LogP contribution in [0, 0.1) is 0 Å². The van der Waals surface area contributed by atoms with E-state index in [1.165, 1.54) is 4.90 Å². The van der Waals surface area contributed by atoms with Gasteiger partial charge in [-0.1, -0.05) is 48.4 Å². The van der Waals surface area contributed by atoms with Crippen LogP contribution >= 0.6 is 11.6 Å². The summed E-state index contributed by atoms with van der Waals surface area (Å²) in [5.74, 6) is 0.323. The molecule has 3 aromatic rings. The summed E-state index contributed by atoms with van der Waals surface area (Å²) in [6.07, 6.45) is 4.04. The molecule has 6 nitrogen and oxygen atoms in total. The number of nitrogens with one attached hydrogen (secondary N) is 1. The van der Waals surface area contributed by atoms with Crippen molar-refractivity contribution in [2.75, 3.05) is 19.4 Å². The third-order valence-corrected chi connectivity index (χ3v) is 5.81. The summed E-state index contributed by atoms with van der Waals surface area (Å²) in [5.41, 5.74) is 3.26. The summed E-state index contributed by atoms with van der Waals surface area (Å²) in [6, 6.07) is 14.9. The summed E-state index contributed by atoms with van der Waals surface area (Å²) < 4.78 is 2.18. The van der Waals surface area contributed by atoms with Crippen LogP contribution in [0.25, 0.3) is 11.4 Å². The summed E-state index contributed by atoms with van der Waals surface area (Å²) in [7, 11) is 3.32. The lowest BCUT2D eigenvalue weighted by molar-refractivity contribution is 0.0827. The fraction of sp³-hybridized carbons (Fsp3) is 0.292. The van der Waals surface area contributed by atoms with Crippen LogP contribution in [0.15, 0.2) is 48.5 Å². The molecule has 7 heteroatoms. The molecule has 0 fully saturated rings. The summed E-state index contributed by atoms with van der Waals surface area (Å²) in [4.78, 5) is 31.8. The maximum atomic E-state index is 13.2. The molecule has 0 saturated heterocycles. The van der Waals surface area contributed by atoms with E-state index in [-0.39, 0.29) is 11.8 Å². The molecule has 0 unspecified atom stereocenters. The van der Waals surface area contributed by atoms with E-state index in [2.05, 4.69) is 9.88 Å². The van der Waals surface area contributed by atoms with Crippen molar-refractivity contribution in [3.05, 3.63) is 70.5 Å². The van der Waals surface area contributed by atoms with E-state index in [1.807, 2.05) is 30.3 Å². The second kappa shape index (κ2) is 8.94. The lowest BCUT2D eigenvalue weighted by atomic mass is 10.1. The zero-order chi connectivity index (χ0) is 22.0. The van der Waals surface area contributed by atoms with Gasteiger partial charge in [0, 0.05) is 31.9 Å². The predicted octanol–water partition coefficient (Wildman–Crippen LogP) is 4.88. The zero-order valence-corrected chi connectivity index (χ0v) is 18.4. The van der Waals surface area contributed by atoms with Gasteiger partial charge >= 0.3 is 0 Å². The van der Waals surface area contributed by atoms with Gasteiger partial charge in [0.15, 0.2) is 0 Å². The smallest absolute Gasteiger partial charge is 0.276 e. The number of fused-ring (bicyclic) bond motifs is 1. The van der Waals surface area contributed by atoms with Crippen LogP contribution in [0.2, 0.25) is 5.02 Å². The number of amides is 2. The molecule has 0 bridgehead atoms. The molecule has 0 spiro atoms. The Balaban J connectivity index is 1.69. The van der Waals surface area contributed by atoms with Crippen molar-refractivity contribution in [1.29, 1.82) is 0 Å². The van der Waals surface area contributed by atoms with Crippen molar-refractivity contribution in [2.24, 2.45) is 0 Å². The predicted molar refractivity (Wildman–Crippen MR) is 123 cm³/mol. The molecule has 31 heavy (non-hydrogen) atoms. The Morgan fingerprint density at radius 3 is 2.58 bits per heavy atom. The van der Waals surface area contributed by atoms with Crippen molar-refractivity contribution < 1.29 is 9.59 Å². The molecule has 1 aliphatic heterocycles. The van der Waals surface area contributed by atoms with Gasteiger partial charge in [0.1, 0.15) is 11.5 Å². The maximum absolute atomic E-state index is 13.2. The van der Waals surface area contributed by atoms with Crippen LogP contribution in [0.3, 0.4) is 0 Å². The normalized spacial score (nSPS) is 13.3. The summed E-state index contributed by atoms with van der Waals surface area (Å²) in [6.45, 7) is 0.849. The monoisotopic (exact) mass is 436 g/mol. The van der Waals surface area contributed by atoms with Gasteiger partial charge < -0.3 is 14.8 Å². The number of rotatable bonds is 4. The molecule has 0 aliphatic carbocycles. The van der Waals surface area contributed by atoms with E-state index < -0.39 is 0 Å². The number of halogens is 1. The molecule has 2 aromatic carbocycles. The molecule has 0 atom stereocenters. The van der Waals surface area contributed by atoms with E-state index in [1.54, 1.807) is 32.3 Å². The minimum absolute atomic E-state index is 0.219. The van der Waals surface area contributed by atoms with Crippen molar-refractivity contribution in [3.8, 4) is 11.4 Å². The van der Waals surface area contributed by atoms with Crippen LogP contribution in [-0.4, -0.2) is 40.4 Å². The first-order chi connectivity index (χ1) is 15.0. The van der Waals surface area contributed by atoms with Crippen molar-refractivity contribution >= 4 is 29.1 Å². The second-order valence-corrected chi connectivity index (χ2v) is 8.31. The third-order valence-electron chi connectivity index (χ3n) is 5.48. The van der Waals surface area contributed by atoms with E-state index in [4.69, 9.17) is 16.6 Å². The molecular weight excluding hydrogens is 412 g/mol. The van der Waals surface area contributed by atoms with Gasteiger partial charge in [0.05, 0.1) is 16.3 Å². The first kappa shape index (κ1) is 21.1. The number of anilines is 1. The Kier molecular flexibility index (Phi) is 6.09. The van der Waals surface area contributed by atoms with Crippen LogP contribution in [0.4, 0.5) is 5.69 Å². The molecule has 1 aliphatic rings. The highest BCUT2D eigenvalue weighted by Gasteiger charge is 2.24. The average molecular weight is 437 g/mol. The zero-order valence-electron chi connectivity index (χ0n) is 17.7. The Morgan fingerprint density at radius 2 is 1.84 bits per heavy atom. The average Bonchev–Trinajstić information content (AvgIpc) is 2.96. The number of carbonyl (C=O) groups excluding carboxylic acids is 2. The summed E-state index contributed by atoms with van der Waals surface area (Å²) >= 11 is 6.20. The van der Waals surface area contributed by atoms with E-state index in [0.29, 0.717) is 22.0 Å². The second-order valence-electron chi connectivity index (χ2n) is 7.91. The lowest BCUT2D eigenvalue weighted by Gasteiger charge is -2.13. The molecule has 1 N–H and O–H groups in total. The largest absolute Gasteiger partial charge is 0.345 e. The van der Waals surface area contributed by atoms with Crippen LogP contribution in [0.1, 0.15) is 45.8 Å². The van der Waals surface area contributed by atoms with Crippen molar-refractivity contribution in [1.82, 2.24) is 14.5 Å². The standard InChI is InChI=1S/C24H25ClN4O2/c1-28(2)24(31)18-15-17(12-13-19(18)25)26-23(30)21-20-11-7-4-8-14-29(20)22(27-21)16-9-5-3-6-10-16/h3,5-6,9-10,12-13,15H,4,7-8,11,14H2,1-2H3,(H,26,30). The molecule has 0 saturated carbocycles. The third kappa shape index (κ3) is 4.35. The molecule has 1 aromatic heterocycles. The number of nitrogens with zero attached hydrogens (tertiary/aromatic N) is 3. The molecule has 160 valence electrons. The summed E-state index contributed by atoms with van der Waals surface area (Å²) in [5, 5.41) is 3.26. The molecule has 2 amide bonds. The first-order valence-corrected chi connectivity index (χ1v) is 10.8. The van der Waals surface area contributed by atoms with Gasteiger partial charge in [-0.05, 0) is 37.5 Å². The van der Waals surface area contributed by atoms with E-state index in [9.17, 15) is 9.59 Å². The Labute approximate surface area is 186 Å². The molecule has 0 radical (unpaired) electrons. The minimum atomic E-state index is -0.279. The SMILES string of the molecule is CN(C)C(=O)c1cc(NC(=O)c2nc(-c3ccccc3)n3c2CCCCC3)ccc1Cl.